The highest BCUT2D eigenvalue weighted by Gasteiger charge is 2.21. The molecule has 0 spiro atoms. The molecule has 0 aromatic heterocycles. The van der Waals surface area contributed by atoms with Crippen molar-refractivity contribution in [2.75, 3.05) is 26.9 Å². The van der Waals surface area contributed by atoms with Gasteiger partial charge in [0.15, 0.2) is 0 Å². The van der Waals surface area contributed by atoms with Crippen molar-refractivity contribution in [1.82, 2.24) is 10.6 Å². The van der Waals surface area contributed by atoms with Crippen LogP contribution in [0.5, 0.6) is 0 Å². The first kappa shape index (κ1) is 26.0. The number of unbranched alkanes of at least 4 members (excludes halogenated alkanes) is 1. The zero-order chi connectivity index (χ0) is 23.7. The topological polar surface area (TPSA) is 103 Å². The first-order chi connectivity index (χ1) is 16.1. The van der Waals surface area contributed by atoms with Gasteiger partial charge in [-0.05, 0) is 30.4 Å². The highest BCUT2D eigenvalue weighted by molar-refractivity contribution is 5.85. The summed E-state index contributed by atoms with van der Waals surface area (Å²) in [6.45, 7) is 0.978. The molecule has 0 unspecified atom stereocenters. The van der Waals surface area contributed by atoms with E-state index in [1.807, 2.05) is 60.7 Å². The molecule has 2 N–H and O–H groups in total. The summed E-state index contributed by atoms with van der Waals surface area (Å²) in [6.07, 6.45) is 1.67. The first-order valence-corrected chi connectivity index (χ1v) is 11.0. The van der Waals surface area contributed by atoms with Crippen molar-refractivity contribution < 1.29 is 28.6 Å². The minimum Gasteiger partial charge on any atom is -0.467 e. The number of methoxy groups -OCH3 is 1. The normalized spacial score (nSPS) is 11.4. The van der Waals surface area contributed by atoms with Crippen LogP contribution in [0.1, 0.15) is 30.4 Å². The molecule has 8 nitrogen and oxygen atoms in total. The van der Waals surface area contributed by atoms with E-state index in [-0.39, 0.29) is 25.0 Å². The van der Waals surface area contributed by atoms with Gasteiger partial charge in [0.1, 0.15) is 19.3 Å². The van der Waals surface area contributed by atoms with Gasteiger partial charge in [-0.3, -0.25) is 9.59 Å². The quantitative estimate of drug-likeness (QED) is 0.315. The second-order valence-electron chi connectivity index (χ2n) is 7.45. The van der Waals surface area contributed by atoms with Crippen LogP contribution in [0.2, 0.25) is 0 Å². The van der Waals surface area contributed by atoms with Crippen molar-refractivity contribution in [3.63, 3.8) is 0 Å². The largest absolute Gasteiger partial charge is 0.467 e. The number of esters is 1. The second kappa shape index (κ2) is 15.6. The van der Waals surface area contributed by atoms with Gasteiger partial charge in [0.25, 0.3) is 0 Å². The molecular weight excluding hydrogens is 424 g/mol. The molecule has 2 aromatic rings. The van der Waals surface area contributed by atoms with E-state index < -0.39 is 12.0 Å². The van der Waals surface area contributed by atoms with Crippen molar-refractivity contribution in [2.24, 2.45) is 0 Å². The van der Waals surface area contributed by atoms with Crippen LogP contribution in [0.4, 0.5) is 0 Å². The Morgan fingerprint density at radius 1 is 0.788 bits per heavy atom. The van der Waals surface area contributed by atoms with E-state index in [0.717, 1.165) is 11.1 Å². The standard InChI is InChI=1S/C25H32N2O6/c1-31-25(30)22(27-24(29)19-33-17-21-12-6-3-7-13-21)14-8-9-15-26-23(28)18-32-16-20-10-4-2-5-11-20/h2-7,10-13,22H,8-9,14-19H2,1H3,(H,26,28)(H,27,29)/t22-/m1/s1. The van der Waals surface area contributed by atoms with Gasteiger partial charge in [0.05, 0.1) is 20.3 Å². The fourth-order valence-electron chi connectivity index (χ4n) is 3.05. The molecule has 2 rings (SSSR count). The van der Waals surface area contributed by atoms with Gasteiger partial charge in [0, 0.05) is 6.54 Å². The monoisotopic (exact) mass is 456 g/mol. The van der Waals surface area contributed by atoms with Crippen LogP contribution < -0.4 is 10.6 Å². The van der Waals surface area contributed by atoms with E-state index in [1.54, 1.807) is 0 Å². The van der Waals surface area contributed by atoms with Crippen LogP contribution in [0.25, 0.3) is 0 Å². The molecule has 0 aliphatic heterocycles. The third-order valence-electron chi connectivity index (χ3n) is 4.75. The molecule has 33 heavy (non-hydrogen) atoms. The van der Waals surface area contributed by atoms with E-state index in [1.165, 1.54) is 7.11 Å². The maximum atomic E-state index is 12.1. The Kier molecular flexibility index (Phi) is 12.3. The van der Waals surface area contributed by atoms with E-state index in [2.05, 4.69) is 10.6 Å². The Balaban J connectivity index is 1.58. The zero-order valence-corrected chi connectivity index (χ0v) is 19.0. The third-order valence-corrected chi connectivity index (χ3v) is 4.75. The maximum Gasteiger partial charge on any atom is 0.328 e. The lowest BCUT2D eigenvalue weighted by Crippen LogP contribution is -2.43. The van der Waals surface area contributed by atoms with E-state index in [9.17, 15) is 14.4 Å². The van der Waals surface area contributed by atoms with Crippen LogP contribution in [0.3, 0.4) is 0 Å². The minimum absolute atomic E-state index is 0.0152. The Hall–Kier alpha value is -3.23. The van der Waals surface area contributed by atoms with Crippen LogP contribution in [-0.4, -0.2) is 50.7 Å². The van der Waals surface area contributed by atoms with E-state index in [0.29, 0.717) is 39.0 Å². The summed E-state index contributed by atoms with van der Waals surface area (Å²) in [5.74, 6) is -1.09. The molecule has 2 aromatic carbocycles. The SMILES string of the molecule is COC(=O)[C@@H](CCCCNC(=O)COCc1ccccc1)NC(=O)COCc1ccccc1. The summed E-state index contributed by atoms with van der Waals surface area (Å²) in [4.78, 5) is 36.0. The average Bonchev–Trinajstić information content (AvgIpc) is 2.84. The van der Waals surface area contributed by atoms with Crippen LogP contribution >= 0.6 is 0 Å². The maximum absolute atomic E-state index is 12.1. The number of benzene rings is 2. The van der Waals surface area contributed by atoms with Crippen LogP contribution in [0.15, 0.2) is 60.7 Å². The number of amides is 2. The van der Waals surface area contributed by atoms with Crippen LogP contribution in [0, 0.1) is 0 Å². The summed E-state index contributed by atoms with van der Waals surface area (Å²) < 4.78 is 15.6. The first-order valence-electron chi connectivity index (χ1n) is 11.0. The lowest BCUT2D eigenvalue weighted by atomic mass is 10.1. The molecule has 0 saturated heterocycles. The number of rotatable bonds is 15. The summed E-state index contributed by atoms with van der Waals surface area (Å²) in [5.41, 5.74) is 1.97. The molecule has 0 aliphatic carbocycles. The molecule has 0 aliphatic rings. The predicted molar refractivity (Wildman–Crippen MR) is 123 cm³/mol. The molecular formula is C25H32N2O6. The number of carbonyl (C=O) groups excluding carboxylic acids is 3. The van der Waals surface area contributed by atoms with Crippen molar-refractivity contribution in [1.29, 1.82) is 0 Å². The molecule has 0 fully saturated rings. The number of hydrogen-bond acceptors (Lipinski definition) is 6. The van der Waals surface area contributed by atoms with Gasteiger partial charge in [-0.1, -0.05) is 60.7 Å². The highest BCUT2D eigenvalue weighted by atomic mass is 16.5. The molecule has 0 saturated carbocycles. The molecule has 178 valence electrons. The van der Waals surface area contributed by atoms with Crippen molar-refractivity contribution in [3.05, 3.63) is 71.8 Å². The summed E-state index contributed by atoms with van der Waals surface area (Å²) in [6, 6.07) is 18.4. The van der Waals surface area contributed by atoms with Crippen molar-refractivity contribution in [2.45, 2.75) is 38.5 Å². The van der Waals surface area contributed by atoms with E-state index >= 15 is 0 Å². The molecule has 0 radical (unpaired) electrons. The Morgan fingerprint density at radius 2 is 1.33 bits per heavy atom. The Bertz CT molecular complexity index is 844. The number of ether oxygens (including phenoxy) is 3. The average molecular weight is 457 g/mol. The zero-order valence-electron chi connectivity index (χ0n) is 19.0. The third kappa shape index (κ3) is 11.3. The molecule has 2 amide bonds. The van der Waals surface area contributed by atoms with Gasteiger partial charge in [-0.15, -0.1) is 0 Å². The molecule has 1 atom stereocenters. The fraction of sp³-hybridized carbons (Fsp3) is 0.400. The lowest BCUT2D eigenvalue weighted by molar-refractivity contribution is -0.146. The summed E-state index contributed by atoms with van der Waals surface area (Å²) in [5, 5.41) is 5.43. The summed E-state index contributed by atoms with van der Waals surface area (Å²) >= 11 is 0. The Morgan fingerprint density at radius 3 is 1.88 bits per heavy atom. The van der Waals surface area contributed by atoms with Gasteiger partial charge in [0.2, 0.25) is 11.8 Å². The minimum atomic E-state index is -0.757. The molecule has 8 heteroatoms. The number of carbonyl (C=O) groups is 3. The summed E-state index contributed by atoms with van der Waals surface area (Å²) in [7, 11) is 1.28. The fourth-order valence-corrected chi connectivity index (χ4v) is 3.05. The molecule has 0 heterocycles. The molecule has 0 bridgehead atoms. The van der Waals surface area contributed by atoms with Gasteiger partial charge in [-0.2, -0.15) is 0 Å². The van der Waals surface area contributed by atoms with Gasteiger partial charge < -0.3 is 24.8 Å². The van der Waals surface area contributed by atoms with Gasteiger partial charge >= 0.3 is 5.97 Å². The highest BCUT2D eigenvalue weighted by Crippen LogP contribution is 2.04. The predicted octanol–water partition coefficient (Wildman–Crippen LogP) is 2.36. The smallest absolute Gasteiger partial charge is 0.328 e. The lowest BCUT2D eigenvalue weighted by Gasteiger charge is -2.16. The Labute approximate surface area is 194 Å². The van der Waals surface area contributed by atoms with E-state index in [4.69, 9.17) is 14.2 Å². The van der Waals surface area contributed by atoms with Crippen LogP contribution in [-0.2, 0) is 41.8 Å². The number of hydrogen-bond donors (Lipinski definition) is 2. The van der Waals surface area contributed by atoms with Gasteiger partial charge in [-0.25, -0.2) is 4.79 Å². The van der Waals surface area contributed by atoms with Crippen molar-refractivity contribution >= 4 is 17.8 Å². The van der Waals surface area contributed by atoms with Crippen molar-refractivity contribution in [3.8, 4) is 0 Å². The second-order valence-corrected chi connectivity index (χ2v) is 7.45. The number of nitrogens with one attached hydrogen (secondary N) is 2.